The average Bonchev–Trinajstić information content (AvgIpc) is 2.39. The van der Waals surface area contributed by atoms with Crippen LogP contribution in [0, 0.1) is 6.92 Å². The van der Waals surface area contributed by atoms with Crippen LogP contribution >= 0.6 is 0 Å². The molecule has 1 aromatic rings. The number of hydrogen-bond donors (Lipinski definition) is 0. The minimum atomic E-state index is 0.307. The van der Waals surface area contributed by atoms with E-state index in [1.807, 2.05) is 4.90 Å². The largest absolute Gasteiger partial charge is 0.368 e. The van der Waals surface area contributed by atoms with Gasteiger partial charge >= 0.3 is 0 Å². The number of carbonyl (C=O) groups excluding carboxylic acids is 1. The van der Waals surface area contributed by atoms with Gasteiger partial charge < -0.3 is 9.80 Å². The van der Waals surface area contributed by atoms with E-state index in [0.29, 0.717) is 12.3 Å². The number of anilines is 1. The second-order valence-corrected chi connectivity index (χ2v) is 4.96. The number of carbonyl (C=O) groups is 1. The van der Waals surface area contributed by atoms with Crippen LogP contribution in [0.5, 0.6) is 0 Å². The van der Waals surface area contributed by atoms with Crippen molar-refractivity contribution in [1.82, 2.24) is 4.90 Å². The van der Waals surface area contributed by atoms with E-state index in [1.165, 1.54) is 11.3 Å². The van der Waals surface area contributed by atoms with Crippen LogP contribution in [-0.2, 0) is 4.79 Å². The van der Waals surface area contributed by atoms with E-state index in [9.17, 15) is 4.79 Å². The lowest BCUT2D eigenvalue weighted by Crippen LogP contribution is -2.48. The highest BCUT2D eigenvalue weighted by Crippen LogP contribution is 2.18. The molecule has 0 saturated carbocycles. The number of benzene rings is 1. The smallest absolute Gasteiger partial charge is 0.222 e. The van der Waals surface area contributed by atoms with Gasteiger partial charge in [0.05, 0.1) is 0 Å². The fraction of sp³-hybridized carbons (Fsp3) is 0.533. The van der Waals surface area contributed by atoms with E-state index in [-0.39, 0.29) is 0 Å². The van der Waals surface area contributed by atoms with Crippen molar-refractivity contribution in [2.24, 2.45) is 0 Å². The first kappa shape index (κ1) is 12.9. The fourth-order valence-electron chi connectivity index (χ4n) is 2.41. The van der Waals surface area contributed by atoms with Crippen molar-refractivity contribution in [2.45, 2.75) is 26.7 Å². The van der Waals surface area contributed by atoms with Crippen LogP contribution in [0.4, 0.5) is 5.69 Å². The fourth-order valence-corrected chi connectivity index (χ4v) is 2.41. The zero-order valence-corrected chi connectivity index (χ0v) is 11.4. The molecule has 1 fully saturated rings. The molecule has 0 bridgehead atoms. The molecule has 1 aliphatic heterocycles. The molecule has 0 radical (unpaired) electrons. The van der Waals surface area contributed by atoms with Crippen molar-refractivity contribution >= 4 is 11.6 Å². The van der Waals surface area contributed by atoms with Crippen molar-refractivity contribution in [3.8, 4) is 0 Å². The van der Waals surface area contributed by atoms with Gasteiger partial charge in [0.15, 0.2) is 0 Å². The Morgan fingerprint density at radius 3 is 2.56 bits per heavy atom. The van der Waals surface area contributed by atoms with Gasteiger partial charge in [0, 0.05) is 38.3 Å². The van der Waals surface area contributed by atoms with Gasteiger partial charge in [-0.3, -0.25) is 4.79 Å². The van der Waals surface area contributed by atoms with Gasteiger partial charge in [-0.2, -0.15) is 0 Å². The highest BCUT2D eigenvalue weighted by atomic mass is 16.2. The first-order chi connectivity index (χ1) is 8.70. The SMILES string of the molecule is CCCC(=O)N1CCN(c2cccc(C)c2)CC1. The summed E-state index contributed by atoms with van der Waals surface area (Å²) in [4.78, 5) is 16.2. The predicted molar refractivity (Wildman–Crippen MR) is 74.9 cm³/mol. The number of aryl methyl sites for hydroxylation is 1. The van der Waals surface area contributed by atoms with Gasteiger partial charge in [0.1, 0.15) is 0 Å². The molecule has 0 aromatic heterocycles. The monoisotopic (exact) mass is 246 g/mol. The van der Waals surface area contributed by atoms with Crippen LogP contribution in [0.25, 0.3) is 0 Å². The van der Waals surface area contributed by atoms with E-state index >= 15 is 0 Å². The molecule has 0 aliphatic carbocycles. The van der Waals surface area contributed by atoms with E-state index in [1.54, 1.807) is 0 Å². The van der Waals surface area contributed by atoms with Gasteiger partial charge in [-0.1, -0.05) is 19.1 Å². The topological polar surface area (TPSA) is 23.6 Å². The molecule has 2 rings (SSSR count). The summed E-state index contributed by atoms with van der Waals surface area (Å²) in [6.45, 7) is 7.77. The highest BCUT2D eigenvalue weighted by molar-refractivity contribution is 5.76. The Bertz CT molecular complexity index is 409. The van der Waals surface area contributed by atoms with Crippen molar-refractivity contribution in [1.29, 1.82) is 0 Å². The lowest BCUT2D eigenvalue weighted by Gasteiger charge is -2.36. The molecule has 3 heteroatoms. The van der Waals surface area contributed by atoms with Crippen molar-refractivity contribution < 1.29 is 4.79 Å². The Morgan fingerprint density at radius 2 is 1.94 bits per heavy atom. The highest BCUT2D eigenvalue weighted by Gasteiger charge is 2.20. The molecule has 0 atom stereocenters. The number of rotatable bonds is 3. The molecule has 3 nitrogen and oxygen atoms in total. The average molecular weight is 246 g/mol. The zero-order chi connectivity index (χ0) is 13.0. The second-order valence-electron chi connectivity index (χ2n) is 4.96. The Hall–Kier alpha value is -1.51. The Kier molecular flexibility index (Phi) is 4.24. The lowest BCUT2D eigenvalue weighted by molar-refractivity contribution is -0.131. The number of piperazine rings is 1. The number of amides is 1. The van der Waals surface area contributed by atoms with E-state index in [2.05, 4.69) is 43.0 Å². The van der Waals surface area contributed by atoms with Crippen LogP contribution in [0.3, 0.4) is 0 Å². The molecule has 98 valence electrons. The van der Waals surface area contributed by atoms with Crippen LogP contribution in [0.15, 0.2) is 24.3 Å². The molecular formula is C15H22N2O. The van der Waals surface area contributed by atoms with Crippen LogP contribution in [0.2, 0.25) is 0 Å². The molecule has 0 unspecified atom stereocenters. The van der Waals surface area contributed by atoms with Gasteiger partial charge in [-0.25, -0.2) is 0 Å². The maximum absolute atomic E-state index is 11.8. The van der Waals surface area contributed by atoms with Crippen molar-refractivity contribution in [2.75, 3.05) is 31.1 Å². The minimum Gasteiger partial charge on any atom is -0.368 e. The van der Waals surface area contributed by atoms with Crippen LogP contribution in [0.1, 0.15) is 25.3 Å². The summed E-state index contributed by atoms with van der Waals surface area (Å²) in [7, 11) is 0. The number of hydrogen-bond acceptors (Lipinski definition) is 2. The third-order valence-corrected chi connectivity index (χ3v) is 3.46. The minimum absolute atomic E-state index is 0.307. The first-order valence-corrected chi connectivity index (χ1v) is 6.80. The third-order valence-electron chi connectivity index (χ3n) is 3.46. The lowest BCUT2D eigenvalue weighted by atomic mass is 10.2. The van der Waals surface area contributed by atoms with Crippen LogP contribution in [-0.4, -0.2) is 37.0 Å². The first-order valence-electron chi connectivity index (χ1n) is 6.80. The molecule has 1 amide bonds. The van der Waals surface area contributed by atoms with Crippen molar-refractivity contribution in [3.05, 3.63) is 29.8 Å². The summed E-state index contributed by atoms with van der Waals surface area (Å²) >= 11 is 0. The van der Waals surface area contributed by atoms with E-state index < -0.39 is 0 Å². The van der Waals surface area contributed by atoms with Gasteiger partial charge in [0.2, 0.25) is 5.91 Å². The summed E-state index contributed by atoms with van der Waals surface area (Å²) in [6.07, 6.45) is 1.63. The van der Waals surface area contributed by atoms with E-state index in [0.717, 1.165) is 32.6 Å². The molecular weight excluding hydrogens is 224 g/mol. The molecule has 18 heavy (non-hydrogen) atoms. The second kappa shape index (κ2) is 5.89. The molecule has 1 saturated heterocycles. The predicted octanol–water partition coefficient (Wildman–Crippen LogP) is 2.44. The van der Waals surface area contributed by atoms with Gasteiger partial charge in [-0.05, 0) is 31.0 Å². The van der Waals surface area contributed by atoms with Crippen LogP contribution < -0.4 is 4.90 Å². The quantitative estimate of drug-likeness (QED) is 0.818. The Labute approximate surface area is 109 Å². The van der Waals surface area contributed by atoms with Gasteiger partial charge in [0.25, 0.3) is 0 Å². The summed E-state index contributed by atoms with van der Waals surface area (Å²) < 4.78 is 0. The summed E-state index contributed by atoms with van der Waals surface area (Å²) in [5, 5.41) is 0. The molecule has 1 aromatic carbocycles. The Morgan fingerprint density at radius 1 is 1.22 bits per heavy atom. The normalized spacial score (nSPS) is 15.9. The summed E-state index contributed by atoms with van der Waals surface area (Å²) in [6, 6.07) is 8.57. The third kappa shape index (κ3) is 3.03. The maximum atomic E-state index is 11.8. The maximum Gasteiger partial charge on any atom is 0.222 e. The van der Waals surface area contributed by atoms with E-state index in [4.69, 9.17) is 0 Å². The zero-order valence-electron chi connectivity index (χ0n) is 11.4. The summed E-state index contributed by atoms with van der Waals surface area (Å²) in [5.74, 6) is 0.307. The standard InChI is InChI=1S/C15H22N2O/c1-3-5-15(18)17-10-8-16(9-11-17)14-7-4-6-13(2)12-14/h4,6-7,12H,3,5,8-11H2,1-2H3. The molecule has 1 aliphatic rings. The Balaban J connectivity index is 1.92. The summed E-state index contributed by atoms with van der Waals surface area (Å²) in [5.41, 5.74) is 2.56. The molecule has 0 spiro atoms. The molecule has 1 heterocycles. The molecule has 0 N–H and O–H groups in total. The van der Waals surface area contributed by atoms with Crippen molar-refractivity contribution in [3.63, 3.8) is 0 Å². The number of nitrogens with zero attached hydrogens (tertiary/aromatic N) is 2. The van der Waals surface area contributed by atoms with Gasteiger partial charge in [-0.15, -0.1) is 0 Å².